The van der Waals surface area contributed by atoms with E-state index in [0.29, 0.717) is 30.9 Å². The van der Waals surface area contributed by atoms with Crippen molar-refractivity contribution in [3.05, 3.63) is 36.4 Å². The maximum atomic E-state index is 13.2. The lowest BCUT2D eigenvalue weighted by Crippen LogP contribution is -2.37. The summed E-state index contributed by atoms with van der Waals surface area (Å²) in [5, 5.41) is 0. The maximum Gasteiger partial charge on any atom is 0.265 e. The lowest BCUT2D eigenvalue weighted by atomic mass is 10.2. The van der Waals surface area contributed by atoms with Crippen LogP contribution in [0, 0.1) is 0 Å². The molecule has 2 aromatic rings. The monoisotopic (exact) mass is 470 g/mol. The zero-order valence-electron chi connectivity index (χ0n) is 17.6. The van der Waals surface area contributed by atoms with Gasteiger partial charge in [-0.05, 0) is 50.1 Å². The molecule has 0 aromatic heterocycles. The first kappa shape index (κ1) is 23.0. The van der Waals surface area contributed by atoms with Gasteiger partial charge in [0.25, 0.3) is 10.0 Å². The van der Waals surface area contributed by atoms with Crippen LogP contribution in [0.4, 0.5) is 11.4 Å². The number of benzene rings is 2. The molecule has 0 unspecified atom stereocenters. The van der Waals surface area contributed by atoms with Gasteiger partial charge >= 0.3 is 0 Å². The molecule has 0 spiro atoms. The average molecular weight is 471 g/mol. The van der Waals surface area contributed by atoms with Gasteiger partial charge in [0.2, 0.25) is 10.0 Å². The van der Waals surface area contributed by atoms with E-state index in [0.717, 1.165) is 0 Å². The predicted molar refractivity (Wildman–Crippen MR) is 118 cm³/mol. The molecule has 3 rings (SSSR count). The van der Waals surface area contributed by atoms with E-state index in [9.17, 15) is 16.8 Å². The first-order valence-corrected chi connectivity index (χ1v) is 12.8. The molecule has 2 aromatic carbocycles. The molecular formula is C20H26N2O7S2. The van der Waals surface area contributed by atoms with Crippen LogP contribution in [-0.2, 0) is 20.0 Å². The number of hydrogen-bond acceptors (Lipinski definition) is 7. The molecule has 1 heterocycles. The van der Waals surface area contributed by atoms with E-state index in [1.54, 1.807) is 19.1 Å². The SMILES string of the molecule is CCOc1ccc(N2CCCCS2(=O)=O)cc1S(=O)(=O)Nc1ccc(OC)c(OC)c1. The van der Waals surface area contributed by atoms with Crippen LogP contribution in [0.2, 0.25) is 0 Å². The summed E-state index contributed by atoms with van der Waals surface area (Å²) < 4.78 is 71.0. The highest BCUT2D eigenvalue weighted by atomic mass is 32.2. The second-order valence-corrected chi connectivity index (χ2v) is 10.5. The molecule has 1 fully saturated rings. The Morgan fingerprint density at radius 2 is 1.71 bits per heavy atom. The topological polar surface area (TPSA) is 111 Å². The van der Waals surface area contributed by atoms with Crippen LogP contribution >= 0.6 is 0 Å². The third-order valence-electron chi connectivity index (χ3n) is 4.79. The summed E-state index contributed by atoms with van der Waals surface area (Å²) in [4.78, 5) is -0.151. The van der Waals surface area contributed by atoms with Crippen LogP contribution in [0.5, 0.6) is 17.2 Å². The fourth-order valence-electron chi connectivity index (χ4n) is 3.33. The third kappa shape index (κ3) is 4.99. The summed E-state index contributed by atoms with van der Waals surface area (Å²) in [5.74, 6) is 0.985. The quantitative estimate of drug-likeness (QED) is 0.631. The number of sulfonamides is 2. The fourth-order valence-corrected chi connectivity index (χ4v) is 6.17. The molecule has 0 amide bonds. The Morgan fingerprint density at radius 3 is 2.35 bits per heavy atom. The molecule has 9 nitrogen and oxygen atoms in total. The molecule has 1 aliphatic rings. The first-order valence-electron chi connectivity index (χ1n) is 9.74. The minimum atomic E-state index is -4.10. The second-order valence-electron chi connectivity index (χ2n) is 6.83. The highest BCUT2D eigenvalue weighted by Crippen LogP contribution is 2.35. The van der Waals surface area contributed by atoms with Gasteiger partial charge in [-0.1, -0.05) is 0 Å². The first-order chi connectivity index (χ1) is 14.7. The Labute approximate surface area is 183 Å². The number of rotatable bonds is 8. The number of anilines is 2. The molecule has 0 saturated carbocycles. The minimum Gasteiger partial charge on any atom is -0.493 e. The largest absolute Gasteiger partial charge is 0.493 e. The zero-order valence-corrected chi connectivity index (χ0v) is 19.3. The van der Waals surface area contributed by atoms with E-state index in [-0.39, 0.29) is 34.4 Å². The third-order valence-corrected chi connectivity index (χ3v) is 8.06. The minimum absolute atomic E-state index is 0.0339. The van der Waals surface area contributed by atoms with Gasteiger partial charge in [0, 0.05) is 12.6 Å². The van der Waals surface area contributed by atoms with Crippen molar-refractivity contribution in [3.8, 4) is 17.2 Å². The van der Waals surface area contributed by atoms with Crippen molar-refractivity contribution in [2.45, 2.75) is 24.7 Å². The van der Waals surface area contributed by atoms with Gasteiger partial charge < -0.3 is 14.2 Å². The van der Waals surface area contributed by atoms with Gasteiger partial charge in [-0.15, -0.1) is 0 Å². The smallest absolute Gasteiger partial charge is 0.265 e. The van der Waals surface area contributed by atoms with Crippen molar-refractivity contribution in [2.75, 3.05) is 42.2 Å². The van der Waals surface area contributed by atoms with E-state index in [4.69, 9.17) is 14.2 Å². The summed E-state index contributed by atoms with van der Waals surface area (Å²) in [6.07, 6.45) is 1.29. The summed E-state index contributed by atoms with van der Waals surface area (Å²) in [5.41, 5.74) is 0.548. The van der Waals surface area contributed by atoms with Gasteiger partial charge in [-0.3, -0.25) is 9.03 Å². The van der Waals surface area contributed by atoms with Crippen molar-refractivity contribution in [3.63, 3.8) is 0 Å². The van der Waals surface area contributed by atoms with Crippen molar-refractivity contribution >= 4 is 31.4 Å². The van der Waals surface area contributed by atoms with E-state index >= 15 is 0 Å². The maximum absolute atomic E-state index is 13.2. The van der Waals surface area contributed by atoms with Crippen molar-refractivity contribution < 1.29 is 31.0 Å². The number of methoxy groups -OCH3 is 2. The van der Waals surface area contributed by atoms with Gasteiger partial charge in [0.15, 0.2) is 11.5 Å². The molecule has 0 bridgehead atoms. The molecule has 170 valence electrons. The van der Waals surface area contributed by atoms with Gasteiger partial charge in [-0.2, -0.15) is 0 Å². The Balaban J connectivity index is 2.02. The Kier molecular flexibility index (Phi) is 6.85. The number of nitrogens with zero attached hydrogens (tertiary/aromatic N) is 1. The molecule has 1 aliphatic heterocycles. The summed E-state index contributed by atoms with van der Waals surface area (Å²) >= 11 is 0. The number of nitrogens with one attached hydrogen (secondary N) is 1. The Hall–Kier alpha value is -2.66. The van der Waals surface area contributed by atoms with Crippen LogP contribution in [0.1, 0.15) is 19.8 Å². The van der Waals surface area contributed by atoms with Crippen LogP contribution in [0.15, 0.2) is 41.3 Å². The van der Waals surface area contributed by atoms with Crippen molar-refractivity contribution in [1.29, 1.82) is 0 Å². The highest BCUT2D eigenvalue weighted by Gasteiger charge is 2.29. The molecule has 31 heavy (non-hydrogen) atoms. The van der Waals surface area contributed by atoms with Crippen molar-refractivity contribution in [1.82, 2.24) is 0 Å². The Bertz CT molecular complexity index is 1150. The van der Waals surface area contributed by atoms with E-state index in [1.165, 1.54) is 42.8 Å². The molecule has 1 saturated heterocycles. The van der Waals surface area contributed by atoms with Crippen LogP contribution in [0.3, 0.4) is 0 Å². The van der Waals surface area contributed by atoms with Crippen LogP contribution < -0.4 is 23.2 Å². The lowest BCUT2D eigenvalue weighted by molar-refractivity contribution is 0.331. The van der Waals surface area contributed by atoms with Gasteiger partial charge in [0.1, 0.15) is 10.6 Å². The molecule has 11 heteroatoms. The normalized spacial score (nSPS) is 15.9. The van der Waals surface area contributed by atoms with Crippen molar-refractivity contribution in [2.24, 2.45) is 0 Å². The van der Waals surface area contributed by atoms with E-state index in [2.05, 4.69) is 4.72 Å². The second kappa shape index (κ2) is 9.23. The number of hydrogen-bond donors (Lipinski definition) is 1. The Morgan fingerprint density at radius 1 is 1.00 bits per heavy atom. The summed E-state index contributed by atoms with van der Waals surface area (Å²) in [7, 11) is -4.66. The molecular weight excluding hydrogens is 444 g/mol. The van der Waals surface area contributed by atoms with Gasteiger partial charge in [-0.25, -0.2) is 16.8 Å². The standard InChI is InChI=1S/C20H26N2O7S2/c1-4-29-18-10-8-16(22-11-5-6-12-30(22,23)24)14-20(18)31(25,26)21-15-7-9-17(27-2)19(13-15)28-3/h7-10,13-14,21H,4-6,11-12H2,1-3H3. The summed E-state index contributed by atoms with van der Waals surface area (Å²) in [6.45, 7) is 2.29. The molecule has 0 aliphatic carbocycles. The predicted octanol–water partition coefficient (Wildman–Crippen LogP) is 2.83. The van der Waals surface area contributed by atoms with Crippen LogP contribution in [-0.4, -0.2) is 50.0 Å². The number of ether oxygens (including phenoxy) is 3. The zero-order chi connectivity index (χ0) is 22.6. The molecule has 0 atom stereocenters. The molecule has 1 N–H and O–H groups in total. The summed E-state index contributed by atoms with van der Waals surface area (Å²) in [6, 6.07) is 8.98. The highest BCUT2D eigenvalue weighted by molar-refractivity contribution is 7.93. The van der Waals surface area contributed by atoms with Gasteiger partial charge in [0.05, 0.1) is 38.0 Å². The average Bonchev–Trinajstić information content (AvgIpc) is 2.73. The molecule has 0 radical (unpaired) electrons. The lowest BCUT2D eigenvalue weighted by Gasteiger charge is -2.29. The van der Waals surface area contributed by atoms with Crippen LogP contribution in [0.25, 0.3) is 0 Å². The van der Waals surface area contributed by atoms with E-state index < -0.39 is 20.0 Å². The fraction of sp³-hybridized carbons (Fsp3) is 0.400. The van der Waals surface area contributed by atoms with E-state index in [1.807, 2.05) is 0 Å².